The molecule has 0 saturated heterocycles. The lowest BCUT2D eigenvalue weighted by Gasteiger charge is -2.20. The van der Waals surface area contributed by atoms with Gasteiger partial charge in [0.25, 0.3) is 0 Å². The molecule has 7 heteroatoms. The normalized spacial score (nSPS) is 15.3. The maximum absolute atomic E-state index is 13.0. The summed E-state index contributed by atoms with van der Waals surface area (Å²) in [6.45, 7) is 4.34. The lowest BCUT2D eigenvalue weighted by molar-refractivity contribution is -0.139. The quantitative estimate of drug-likeness (QED) is 0.479. The van der Waals surface area contributed by atoms with E-state index in [1.54, 1.807) is 12.1 Å². The molecule has 3 rings (SSSR count). The van der Waals surface area contributed by atoms with E-state index in [0.717, 1.165) is 25.0 Å². The molecule has 30 heavy (non-hydrogen) atoms. The maximum atomic E-state index is 13.0. The molecule has 1 atom stereocenters. The van der Waals surface area contributed by atoms with E-state index in [-0.39, 0.29) is 10.9 Å². The van der Waals surface area contributed by atoms with Gasteiger partial charge in [0.15, 0.2) is 0 Å². The predicted octanol–water partition coefficient (Wildman–Crippen LogP) is 7.03. The van der Waals surface area contributed by atoms with Crippen molar-refractivity contribution in [3.63, 3.8) is 0 Å². The van der Waals surface area contributed by atoms with Gasteiger partial charge in [0.05, 0.1) is 23.1 Å². The third-order valence-corrected chi connectivity index (χ3v) is 5.44. The number of carbonyl (C=O) groups is 1. The minimum atomic E-state index is -4.44. The Kier molecular flexibility index (Phi) is 6.65. The average Bonchev–Trinajstić information content (AvgIpc) is 3.48. The number of rotatable bonds is 8. The summed E-state index contributed by atoms with van der Waals surface area (Å²) in [7, 11) is 0. The second-order valence-corrected chi connectivity index (χ2v) is 8.64. The fourth-order valence-electron chi connectivity index (χ4n) is 3.35. The molecule has 2 aromatic rings. The molecule has 3 nitrogen and oxygen atoms in total. The van der Waals surface area contributed by atoms with Crippen molar-refractivity contribution >= 4 is 17.6 Å². The molecule has 1 aliphatic rings. The smallest absolute Gasteiger partial charge is 0.416 e. The Morgan fingerprint density at radius 1 is 1.20 bits per heavy atom. The van der Waals surface area contributed by atoms with Crippen molar-refractivity contribution in [2.45, 2.75) is 45.2 Å². The topological polar surface area (TPSA) is 46.5 Å². The van der Waals surface area contributed by atoms with E-state index in [9.17, 15) is 23.1 Å². The molecule has 0 aromatic heterocycles. The highest BCUT2D eigenvalue weighted by atomic mass is 35.5. The van der Waals surface area contributed by atoms with E-state index in [4.69, 9.17) is 16.3 Å². The van der Waals surface area contributed by atoms with Crippen LogP contribution in [0.1, 0.15) is 50.2 Å². The minimum Gasteiger partial charge on any atom is -0.491 e. The first-order valence-corrected chi connectivity index (χ1v) is 10.3. The molecule has 1 N–H and O–H groups in total. The van der Waals surface area contributed by atoms with Crippen LogP contribution in [-0.2, 0) is 11.0 Å². The van der Waals surface area contributed by atoms with Crippen LogP contribution in [0.2, 0.25) is 5.02 Å². The van der Waals surface area contributed by atoms with Crippen LogP contribution in [0.15, 0.2) is 36.4 Å². The van der Waals surface area contributed by atoms with Crippen molar-refractivity contribution in [2.75, 3.05) is 6.61 Å². The molecular weight excluding hydrogens is 417 g/mol. The fraction of sp³-hybridized carbons (Fsp3) is 0.435. The number of halogens is 4. The lowest BCUT2D eigenvalue weighted by atomic mass is 9.88. The minimum absolute atomic E-state index is 0.144. The van der Waals surface area contributed by atoms with E-state index < -0.39 is 23.6 Å². The molecule has 1 unspecified atom stereocenters. The van der Waals surface area contributed by atoms with E-state index >= 15 is 0 Å². The van der Waals surface area contributed by atoms with Gasteiger partial charge in [-0.1, -0.05) is 37.6 Å². The van der Waals surface area contributed by atoms with Gasteiger partial charge < -0.3 is 9.84 Å². The van der Waals surface area contributed by atoms with Crippen molar-refractivity contribution in [2.24, 2.45) is 11.8 Å². The SMILES string of the molecule is CC(C)CC(C(=O)O)c1cc(Cl)c(OCC2CC2)c(-c2ccc(C(F)(F)F)cc2)c1. The average molecular weight is 441 g/mol. The lowest BCUT2D eigenvalue weighted by Crippen LogP contribution is -2.14. The Morgan fingerprint density at radius 2 is 1.83 bits per heavy atom. The summed E-state index contributed by atoms with van der Waals surface area (Å²) >= 11 is 6.48. The maximum Gasteiger partial charge on any atom is 0.416 e. The first kappa shape index (κ1) is 22.5. The van der Waals surface area contributed by atoms with Gasteiger partial charge in [0.2, 0.25) is 0 Å². The van der Waals surface area contributed by atoms with E-state index in [0.29, 0.717) is 41.4 Å². The summed E-state index contributed by atoms with van der Waals surface area (Å²) in [6, 6.07) is 8.00. The number of aliphatic carboxylic acids is 1. The summed E-state index contributed by atoms with van der Waals surface area (Å²) in [5.41, 5.74) is 0.750. The zero-order chi connectivity index (χ0) is 22.1. The summed E-state index contributed by atoms with van der Waals surface area (Å²) in [5.74, 6) is -0.766. The van der Waals surface area contributed by atoms with Crippen molar-refractivity contribution in [1.29, 1.82) is 0 Å². The van der Waals surface area contributed by atoms with Gasteiger partial charge in [-0.2, -0.15) is 13.2 Å². The van der Waals surface area contributed by atoms with Crippen LogP contribution in [0.3, 0.4) is 0 Å². The van der Waals surface area contributed by atoms with Crippen LogP contribution in [0.25, 0.3) is 11.1 Å². The van der Waals surface area contributed by atoms with Gasteiger partial charge >= 0.3 is 12.1 Å². The van der Waals surface area contributed by atoms with Crippen molar-refractivity contribution in [3.8, 4) is 16.9 Å². The highest BCUT2D eigenvalue weighted by Crippen LogP contribution is 2.42. The zero-order valence-electron chi connectivity index (χ0n) is 16.8. The third kappa shape index (κ3) is 5.48. The van der Waals surface area contributed by atoms with Crippen LogP contribution in [0.4, 0.5) is 13.2 Å². The molecule has 1 saturated carbocycles. The Bertz CT molecular complexity index is 903. The number of hydrogen-bond acceptors (Lipinski definition) is 2. The number of alkyl halides is 3. The number of carboxylic acid groups (broad SMARTS) is 1. The molecule has 0 radical (unpaired) electrons. The molecule has 0 amide bonds. The Labute approximate surface area is 178 Å². The van der Waals surface area contributed by atoms with Crippen molar-refractivity contribution in [3.05, 3.63) is 52.5 Å². The van der Waals surface area contributed by atoms with Crippen LogP contribution in [0.5, 0.6) is 5.75 Å². The van der Waals surface area contributed by atoms with Crippen molar-refractivity contribution in [1.82, 2.24) is 0 Å². The summed E-state index contributed by atoms with van der Waals surface area (Å²) in [4.78, 5) is 11.9. The van der Waals surface area contributed by atoms with Gasteiger partial charge in [-0.15, -0.1) is 0 Å². The monoisotopic (exact) mass is 440 g/mol. The predicted molar refractivity (Wildman–Crippen MR) is 110 cm³/mol. The van der Waals surface area contributed by atoms with E-state index in [1.165, 1.54) is 12.1 Å². The molecule has 0 heterocycles. The van der Waals surface area contributed by atoms with E-state index in [1.807, 2.05) is 13.8 Å². The van der Waals surface area contributed by atoms with Gasteiger partial charge in [-0.3, -0.25) is 4.79 Å². The largest absolute Gasteiger partial charge is 0.491 e. The highest BCUT2D eigenvalue weighted by molar-refractivity contribution is 6.32. The second-order valence-electron chi connectivity index (χ2n) is 8.23. The summed E-state index contributed by atoms with van der Waals surface area (Å²) in [6.07, 6.45) is -1.88. The number of benzene rings is 2. The molecule has 2 aromatic carbocycles. The molecule has 0 bridgehead atoms. The van der Waals surface area contributed by atoms with Crippen LogP contribution in [0, 0.1) is 11.8 Å². The fourth-order valence-corrected chi connectivity index (χ4v) is 3.63. The molecule has 1 aliphatic carbocycles. The van der Waals surface area contributed by atoms with Gasteiger partial charge in [0, 0.05) is 5.56 Å². The molecule has 1 fully saturated rings. The van der Waals surface area contributed by atoms with Crippen LogP contribution >= 0.6 is 11.6 Å². The Hall–Kier alpha value is -2.21. The van der Waals surface area contributed by atoms with Crippen molar-refractivity contribution < 1.29 is 27.8 Å². The Morgan fingerprint density at radius 3 is 2.33 bits per heavy atom. The van der Waals surface area contributed by atoms with Crippen LogP contribution < -0.4 is 4.74 Å². The number of ether oxygens (including phenoxy) is 1. The highest BCUT2D eigenvalue weighted by Gasteiger charge is 2.31. The first-order chi connectivity index (χ1) is 14.1. The summed E-state index contributed by atoms with van der Waals surface area (Å²) in [5, 5.41) is 9.97. The Balaban J connectivity index is 2.06. The second kappa shape index (κ2) is 8.88. The molecule has 0 spiro atoms. The first-order valence-electron chi connectivity index (χ1n) is 9.93. The standard InChI is InChI=1S/C23H24ClF3O3/c1-13(2)9-19(22(28)29)16-10-18(15-5-7-17(8-6-15)23(25,26)27)21(20(24)11-16)30-12-14-3-4-14/h5-8,10-11,13-14,19H,3-4,9,12H2,1-2H3,(H,28,29). The van der Waals surface area contributed by atoms with Gasteiger partial charge in [-0.25, -0.2) is 0 Å². The molecule has 162 valence electrons. The summed E-state index contributed by atoms with van der Waals surface area (Å²) < 4.78 is 44.8. The molecule has 0 aliphatic heterocycles. The molecular formula is C23H24ClF3O3. The van der Waals surface area contributed by atoms with Gasteiger partial charge in [-0.05, 0) is 66.5 Å². The third-order valence-electron chi connectivity index (χ3n) is 5.16. The number of carboxylic acids is 1. The van der Waals surface area contributed by atoms with Crippen LogP contribution in [-0.4, -0.2) is 17.7 Å². The van der Waals surface area contributed by atoms with Gasteiger partial charge in [0.1, 0.15) is 5.75 Å². The number of hydrogen-bond donors (Lipinski definition) is 1. The zero-order valence-corrected chi connectivity index (χ0v) is 17.6. The van der Waals surface area contributed by atoms with E-state index in [2.05, 4.69) is 0 Å².